The molecule has 0 saturated carbocycles. The van der Waals surface area contributed by atoms with Crippen LogP contribution < -0.4 is 5.32 Å². The Kier molecular flexibility index (Phi) is 3.09. The lowest BCUT2D eigenvalue weighted by atomic mass is 10.1. The van der Waals surface area contributed by atoms with E-state index in [2.05, 4.69) is 12.2 Å². The molecular weight excluding hydrogens is 154 g/mol. The zero-order valence-electron chi connectivity index (χ0n) is 8.39. The van der Waals surface area contributed by atoms with E-state index in [9.17, 15) is 0 Å². The van der Waals surface area contributed by atoms with Gasteiger partial charge >= 0.3 is 0 Å². The standard InChI is InChI=1S/C9H19NO2/c1-7(10-4)8-5-6-11-9(2,3)12-8/h7-8,10H,5-6H2,1-4H3. The number of rotatable bonds is 2. The Balaban J connectivity index is 2.46. The van der Waals surface area contributed by atoms with E-state index in [1.54, 1.807) is 0 Å². The molecule has 0 bridgehead atoms. The van der Waals surface area contributed by atoms with Gasteiger partial charge in [0.25, 0.3) is 0 Å². The molecule has 0 spiro atoms. The van der Waals surface area contributed by atoms with Crippen LogP contribution in [0.1, 0.15) is 27.2 Å². The van der Waals surface area contributed by atoms with Gasteiger partial charge < -0.3 is 14.8 Å². The largest absolute Gasteiger partial charge is 0.350 e. The fourth-order valence-electron chi connectivity index (χ4n) is 1.42. The summed E-state index contributed by atoms with van der Waals surface area (Å²) in [6, 6.07) is 0.396. The lowest BCUT2D eigenvalue weighted by molar-refractivity contribution is -0.276. The maximum Gasteiger partial charge on any atom is 0.163 e. The highest BCUT2D eigenvalue weighted by molar-refractivity contribution is 4.76. The van der Waals surface area contributed by atoms with Crippen molar-refractivity contribution in [2.75, 3.05) is 13.7 Å². The smallest absolute Gasteiger partial charge is 0.163 e. The summed E-state index contributed by atoms with van der Waals surface area (Å²) in [5.74, 6) is -0.409. The molecule has 3 nitrogen and oxygen atoms in total. The Hall–Kier alpha value is -0.120. The number of likely N-dealkylation sites (N-methyl/N-ethyl adjacent to an activating group) is 1. The molecule has 1 N–H and O–H groups in total. The Morgan fingerprint density at radius 2 is 2.17 bits per heavy atom. The lowest BCUT2D eigenvalue weighted by Crippen LogP contribution is -2.47. The molecule has 1 aliphatic rings. The van der Waals surface area contributed by atoms with Gasteiger partial charge in [0, 0.05) is 6.04 Å². The number of hydrogen-bond acceptors (Lipinski definition) is 3. The Morgan fingerprint density at radius 3 is 2.67 bits per heavy atom. The SMILES string of the molecule is CNC(C)C1CCOC(C)(C)O1. The van der Waals surface area contributed by atoms with Crippen molar-refractivity contribution in [2.24, 2.45) is 0 Å². The van der Waals surface area contributed by atoms with Crippen molar-refractivity contribution in [1.29, 1.82) is 0 Å². The first-order valence-corrected chi connectivity index (χ1v) is 4.54. The highest BCUT2D eigenvalue weighted by Crippen LogP contribution is 2.23. The fourth-order valence-corrected chi connectivity index (χ4v) is 1.42. The minimum Gasteiger partial charge on any atom is -0.350 e. The van der Waals surface area contributed by atoms with Crippen molar-refractivity contribution in [3.63, 3.8) is 0 Å². The van der Waals surface area contributed by atoms with Crippen LogP contribution in [-0.2, 0) is 9.47 Å². The van der Waals surface area contributed by atoms with Gasteiger partial charge in [-0.15, -0.1) is 0 Å². The molecule has 1 heterocycles. The second kappa shape index (κ2) is 3.73. The monoisotopic (exact) mass is 173 g/mol. The van der Waals surface area contributed by atoms with Crippen LogP contribution in [0.2, 0.25) is 0 Å². The normalized spacial score (nSPS) is 31.5. The topological polar surface area (TPSA) is 30.5 Å². The van der Waals surface area contributed by atoms with Gasteiger partial charge in [-0.25, -0.2) is 0 Å². The summed E-state index contributed by atoms with van der Waals surface area (Å²) in [4.78, 5) is 0. The highest BCUT2D eigenvalue weighted by Gasteiger charge is 2.31. The molecule has 2 atom stereocenters. The molecule has 0 aromatic carbocycles. The number of nitrogens with one attached hydrogen (secondary N) is 1. The summed E-state index contributed by atoms with van der Waals surface area (Å²) in [5, 5.41) is 3.19. The zero-order chi connectivity index (χ0) is 9.19. The summed E-state index contributed by atoms with van der Waals surface area (Å²) >= 11 is 0. The van der Waals surface area contributed by atoms with Gasteiger partial charge in [0.1, 0.15) is 0 Å². The van der Waals surface area contributed by atoms with Gasteiger partial charge in [-0.3, -0.25) is 0 Å². The first-order valence-electron chi connectivity index (χ1n) is 4.54. The third-order valence-corrected chi connectivity index (χ3v) is 2.30. The Labute approximate surface area is 74.4 Å². The average Bonchev–Trinajstić information content (AvgIpc) is 2.01. The van der Waals surface area contributed by atoms with Crippen molar-refractivity contribution in [1.82, 2.24) is 5.32 Å². The van der Waals surface area contributed by atoms with E-state index in [0.29, 0.717) is 6.04 Å². The second-order valence-electron chi connectivity index (χ2n) is 3.77. The fraction of sp³-hybridized carbons (Fsp3) is 1.00. The summed E-state index contributed by atoms with van der Waals surface area (Å²) in [5.41, 5.74) is 0. The minimum atomic E-state index is -0.409. The van der Waals surface area contributed by atoms with Crippen molar-refractivity contribution >= 4 is 0 Å². The molecule has 2 unspecified atom stereocenters. The molecule has 0 radical (unpaired) electrons. The van der Waals surface area contributed by atoms with Crippen LogP contribution in [0.5, 0.6) is 0 Å². The molecule has 0 aromatic heterocycles. The summed E-state index contributed by atoms with van der Waals surface area (Å²) in [7, 11) is 1.95. The molecule has 3 heteroatoms. The van der Waals surface area contributed by atoms with Gasteiger partial charge in [0.2, 0.25) is 0 Å². The van der Waals surface area contributed by atoms with Crippen LogP contribution in [0.15, 0.2) is 0 Å². The van der Waals surface area contributed by atoms with Gasteiger partial charge in [0.05, 0.1) is 12.7 Å². The van der Waals surface area contributed by atoms with Gasteiger partial charge in [-0.1, -0.05) is 0 Å². The predicted octanol–water partition coefficient (Wildman–Crippen LogP) is 1.14. The number of hydrogen-bond donors (Lipinski definition) is 1. The van der Waals surface area contributed by atoms with Crippen LogP contribution in [0.4, 0.5) is 0 Å². The predicted molar refractivity (Wildman–Crippen MR) is 48.0 cm³/mol. The van der Waals surface area contributed by atoms with Crippen LogP contribution >= 0.6 is 0 Å². The molecule has 1 rings (SSSR count). The molecule has 1 saturated heterocycles. The minimum absolute atomic E-state index is 0.277. The average molecular weight is 173 g/mol. The molecular formula is C9H19NO2. The van der Waals surface area contributed by atoms with Gasteiger partial charge in [0.15, 0.2) is 5.79 Å². The molecule has 12 heavy (non-hydrogen) atoms. The van der Waals surface area contributed by atoms with E-state index in [4.69, 9.17) is 9.47 Å². The van der Waals surface area contributed by atoms with E-state index in [1.165, 1.54) is 0 Å². The lowest BCUT2D eigenvalue weighted by Gasteiger charge is -2.38. The van der Waals surface area contributed by atoms with E-state index in [-0.39, 0.29) is 6.10 Å². The van der Waals surface area contributed by atoms with Crippen LogP contribution in [-0.4, -0.2) is 31.6 Å². The van der Waals surface area contributed by atoms with E-state index in [1.807, 2.05) is 20.9 Å². The summed E-state index contributed by atoms with van der Waals surface area (Å²) < 4.78 is 11.2. The molecule has 72 valence electrons. The first-order chi connectivity index (χ1) is 5.55. The molecule has 0 aromatic rings. The van der Waals surface area contributed by atoms with Crippen LogP contribution in [0.25, 0.3) is 0 Å². The van der Waals surface area contributed by atoms with Crippen molar-refractivity contribution < 1.29 is 9.47 Å². The molecule has 0 aliphatic carbocycles. The maximum atomic E-state index is 5.74. The first kappa shape index (κ1) is 9.96. The van der Waals surface area contributed by atoms with E-state index < -0.39 is 5.79 Å². The second-order valence-corrected chi connectivity index (χ2v) is 3.77. The molecule has 1 aliphatic heterocycles. The van der Waals surface area contributed by atoms with Gasteiger partial charge in [-0.05, 0) is 34.2 Å². The summed E-state index contributed by atoms with van der Waals surface area (Å²) in [6.45, 7) is 6.85. The molecule has 0 amide bonds. The van der Waals surface area contributed by atoms with Gasteiger partial charge in [-0.2, -0.15) is 0 Å². The maximum absolute atomic E-state index is 5.74. The Bertz CT molecular complexity index is 147. The molecule has 1 fully saturated rings. The third kappa shape index (κ3) is 2.44. The van der Waals surface area contributed by atoms with Crippen molar-refractivity contribution in [3.8, 4) is 0 Å². The van der Waals surface area contributed by atoms with E-state index in [0.717, 1.165) is 13.0 Å². The number of ether oxygens (including phenoxy) is 2. The van der Waals surface area contributed by atoms with Crippen LogP contribution in [0.3, 0.4) is 0 Å². The highest BCUT2D eigenvalue weighted by atomic mass is 16.7. The van der Waals surface area contributed by atoms with E-state index >= 15 is 0 Å². The quantitative estimate of drug-likeness (QED) is 0.679. The van der Waals surface area contributed by atoms with Crippen molar-refractivity contribution in [3.05, 3.63) is 0 Å². The third-order valence-electron chi connectivity index (χ3n) is 2.30. The van der Waals surface area contributed by atoms with Crippen molar-refractivity contribution in [2.45, 2.75) is 45.1 Å². The zero-order valence-corrected chi connectivity index (χ0v) is 8.39. The Morgan fingerprint density at radius 1 is 1.50 bits per heavy atom. The summed E-state index contributed by atoms with van der Waals surface area (Å²) in [6.07, 6.45) is 1.25. The van der Waals surface area contributed by atoms with Crippen LogP contribution in [0, 0.1) is 0 Å².